The largest absolute Gasteiger partial charge is 0.481 e. The minimum Gasteiger partial charge on any atom is -0.481 e. The first-order chi connectivity index (χ1) is 9.01. The number of carbonyl (C=O) groups is 2. The van der Waals surface area contributed by atoms with Crippen LogP contribution in [0.5, 0.6) is 0 Å². The Morgan fingerprint density at radius 3 is 2.68 bits per heavy atom. The van der Waals surface area contributed by atoms with Gasteiger partial charge in [0.05, 0.1) is 6.42 Å². The molecule has 0 unspecified atom stereocenters. The maximum absolute atomic E-state index is 11.9. The molecule has 2 N–H and O–H groups in total. The molecule has 5 nitrogen and oxygen atoms in total. The molecule has 1 aliphatic carbocycles. The van der Waals surface area contributed by atoms with Gasteiger partial charge >= 0.3 is 5.97 Å². The second-order valence-electron chi connectivity index (χ2n) is 4.95. The Bertz CT molecular complexity index is 500. The van der Waals surface area contributed by atoms with E-state index < -0.39 is 5.97 Å². The van der Waals surface area contributed by atoms with E-state index in [4.69, 9.17) is 16.7 Å². The highest BCUT2D eigenvalue weighted by molar-refractivity contribution is 6.29. The molecule has 1 fully saturated rings. The van der Waals surface area contributed by atoms with Gasteiger partial charge in [0.25, 0.3) is 5.91 Å². The number of aromatic nitrogens is 1. The standard InChI is InChI=1S/C13H15ClN2O3/c14-10-4-1-3-9(16-10)12(19)15-8-13(5-2-6-13)7-11(17)18/h1,3-4H,2,5-8H2,(H,15,19)(H,17,18). The van der Waals surface area contributed by atoms with Crippen molar-refractivity contribution in [3.8, 4) is 0 Å². The lowest BCUT2D eigenvalue weighted by Crippen LogP contribution is -2.43. The van der Waals surface area contributed by atoms with Crippen LogP contribution < -0.4 is 5.32 Å². The van der Waals surface area contributed by atoms with Crippen LogP contribution >= 0.6 is 11.6 Å². The van der Waals surface area contributed by atoms with Crippen LogP contribution in [0.1, 0.15) is 36.2 Å². The van der Waals surface area contributed by atoms with Gasteiger partial charge in [0.15, 0.2) is 0 Å². The van der Waals surface area contributed by atoms with Crippen molar-refractivity contribution in [2.24, 2.45) is 5.41 Å². The Labute approximate surface area is 116 Å². The highest BCUT2D eigenvalue weighted by Gasteiger charge is 2.39. The molecule has 0 aliphatic heterocycles. The van der Waals surface area contributed by atoms with E-state index in [0.717, 1.165) is 19.3 Å². The summed E-state index contributed by atoms with van der Waals surface area (Å²) in [5, 5.41) is 11.9. The van der Waals surface area contributed by atoms with Crippen molar-refractivity contribution in [2.45, 2.75) is 25.7 Å². The average molecular weight is 283 g/mol. The number of pyridine rings is 1. The van der Waals surface area contributed by atoms with Crippen molar-refractivity contribution in [3.63, 3.8) is 0 Å². The topological polar surface area (TPSA) is 79.3 Å². The molecule has 0 bridgehead atoms. The molecule has 1 aliphatic rings. The number of halogens is 1. The van der Waals surface area contributed by atoms with Gasteiger partial charge in [0.2, 0.25) is 0 Å². The summed E-state index contributed by atoms with van der Waals surface area (Å²) in [6.45, 7) is 0.367. The third-order valence-corrected chi connectivity index (χ3v) is 3.72. The molecule has 1 aromatic heterocycles. The minimum atomic E-state index is -0.824. The number of carboxylic acids is 1. The zero-order valence-corrected chi connectivity index (χ0v) is 11.1. The maximum atomic E-state index is 11.9. The lowest BCUT2D eigenvalue weighted by atomic mass is 9.66. The fourth-order valence-electron chi connectivity index (χ4n) is 2.31. The van der Waals surface area contributed by atoms with Gasteiger partial charge in [-0.2, -0.15) is 0 Å². The van der Waals surface area contributed by atoms with E-state index in [0.29, 0.717) is 6.54 Å². The molecule has 0 saturated heterocycles. The first-order valence-corrected chi connectivity index (χ1v) is 6.51. The molecular formula is C13H15ClN2O3. The number of carboxylic acid groups (broad SMARTS) is 1. The number of hydrogen-bond acceptors (Lipinski definition) is 3. The van der Waals surface area contributed by atoms with E-state index in [9.17, 15) is 9.59 Å². The molecule has 0 spiro atoms. The molecule has 1 heterocycles. The van der Waals surface area contributed by atoms with E-state index >= 15 is 0 Å². The Morgan fingerprint density at radius 2 is 2.16 bits per heavy atom. The smallest absolute Gasteiger partial charge is 0.303 e. The summed E-state index contributed by atoms with van der Waals surface area (Å²) in [7, 11) is 0. The van der Waals surface area contributed by atoms with Gasteiger partial charge in [-0.25, -0.2) is 4.98 Å². The van der Waals surface area contributed by atoms with Gasteiger partial charge in [0.1, 0.15) is 10.8 Å². The molecular weight excluding hydrogens is 268 g/mol. The molecule has 2 rings (SSSR count). The first kappa shape index (κ1) is 13.8. The number of nitrogens with one attached hydrogen (secondary N) is 1. The number of carbonyl (C=O) groups excluding carboxylic acids is 1. The third-order valence-electron chi connectivity index (χ3n) is 3.51. The zero-order chi connectivity index (χ0) is 13.9. The molecule has 0 atom stereocenters. The summed E-state index contributed by atoms with van der Waals surface area (Å²) in [5.41, 5.74) is -0.0441. The second-order valence-corrected chi connectivity index (χ2v) is 5.34. The van der Waals surface area contributed by atoms with Gasteiger partial charge in [-0.15, -0.1) is 0 Å². The van der Waals surface area contributed by atoms with Crippen LogP contribution in [-0.2, 0) is 4.79 Å². The summed E-state index contributed by atoms with van der Waals surface area (Å²) < 4.78 is 0. The normalized spacial score (nSPS) is 16.5. The summed E-state index contributed by atoms with van der Waals surface area (Å²) in [5.74, 6) is -1.14. The average Bonchev–Trinajstić information content (AvgIpc) is 2.31. The van der Waals surface area contributed by atoms with Crippen molar-refractivity contribution in [2.75, 3.05) is 6.54 Å². The number of hydrogen-bond donors (Lipinski definition) is 2. The SMILES string of the molecule is O=C(O)CC1(CNC(=O)c2cccc(Cl)n2)CCC1. The lowest BCUT2D eigenvalue weighted by molar-refractivity contribution is -0.141. The van der Waals surface area contributed by atoms with Crippen LogP contribution in [0.15, 0.2) is 18.2 Å². The van der Waals surface area contributed by atoms with Crippen molar-refractivity contribution in [1.29, 1.82) is 0 Å². The minimum absolute atomic E-state index is 0.0935. The molecule has 0 radical (unpaired) electrons. The van der Waals surface area contributed by atoms with Gasteiger partial charge in [-0.05, 0) is 30.4 Å². The number of amides is 1. The number of rotatable bonds is 5. The van der Waals surface area contributed by atoms with Crippen LogP contribution in [0.25, 0.3) is 0 Å². The molecule has 0 aromatic carbocycles. The van der Waals surface area contributed by atoms with Crippen molar-refractivity contribution in [3.05, 3.63) is 29.0 Å². The predicted molar refractivity (Wildman–Crippen MR) is 70.1 cm³/mol. The van der Waals surface area contributed by atoms with Crippen LogP contribution in [0.4, 0.5) is 0 Å². The Morgan fingerprint density at radius 1 is 1.42 bits per heavy atom. The van der Waals surface area contributed by atoms with Gasteiger partial charge < -0.3 is 10.4 Å². The van der Waals surface area contributed by atoms with Crippen LogP contribution in [0, 0.1) is 5.41 Å². The predicted octanol–water partition coefficient (Wildman–Crippen LogP) is 2.11. The lowest BCUT2D eigenvalue weighted by Gasteiger charge is -2.40. The fraction of sp³-hybridized carbons (Fsp3) is 0.462. The second kappa shape index (κ2) is 5.57. The Kier molecular flexibility index (Phi) is 4.04. The van der Waals surface area contributed by atoms with Crippen molar-refractivity contribution in [1.82, 2.24) is 10.3 Å². The van der Waals surface area contributed by atoms with Gasteiger partial charge in [-0.3, -0.25) is 9.59 Å². The maximum Gasteiger partial charge on any atom is 0.303 e. The van der Waals surface area contributed by atoms with E-state index in [-0.39, 0.29) is 28.6 Å². The van der Waals surface area contributed by atoms with Gasteiger partial charge in [-0.1, -0.05) is 24.1 Å². The van der Waals surface area contributed by atoms with Crippen molar-refractivity contribution < 1.29 is 14.7 Å². The monoisotopic (exact) mass is 282 g/mol. The highest BCUT2D eigenvalue weighted by atomic mass is 35.5. The van der Waals surface area contributed by atoms with Crippen LogP contribution in [0.3, 0.4) is 0 Å². The Balaban J connectivity index is 1.94. The molecule has 1 amide bonds. The molecule has 19 heavy (non-hydrogen) atoms. The zero-order valence-electron chi connectivity index (χ0n) is 10.4. The van der Waals surface area contributed by atoms with E-state index in [1.54, 1.807) is 18.2 Å². The van der Waals surface area contributed by atoms with Gasteiger partial charge in [0, 0.05) is 6.54 Å². The fourth-order valence-corrected chi connectivity index (χ4v) is 2.47. The summed E-state index contributed by atoms with van der Waals surface area (Å²) >= 11 is 5.72. The van der Waals surface area contributed by atoms with E-state index in [1.807, 2.05) is 0 Å². The highest BCUT2D eigenvalue weighted by Crippen LogP contribution is 2.43. The number of nitrogens with zero attached hydrogens (tertiary/aromatic N) is 1. The van der Waals surface area contributed by atoms with Crippen molar-refractivity contribution >= 4 is 23.5 Å². The van der Waals surface area contributed by atoms with E-state index in [2.05, 4.69) is 10.3 Å². The summed E-state index contributed by atoms with van der Waals surface area (Å²) in [6.07, 6.45) is 2.78. The third kappa shape index (κ3) is 3.44. The van der Waals surface area contributed by atoms with E-state index in [1.165, 1.54) is 0 Å². The molecule has 6 heteroatoms. The summed E-state index contributed by atoms with van der Waals surface area (Å²) in [4.78, 5) is 26.6. The number of aliphatic carboxylic acids is 1. The van der Waals surface area contributed by atoms with Crippen LogP contribution in [0.2, 0.25) is 5.15 Å². The molecule has 1 saturated carbocycles. The quantitative estimate of drug-likeness (QED) is 0.811. The van der Waals surface area contributed by atoms with Crippen LogP contribution in [-0.4, -0.2) is 28.5 Å². The molecule has 102 valence electrons. The Hall–Kier alpha value is -1.62. The summed E-state index contributed by atoms with van der Waals surface area (Å²) in [6, 6.07) is 4.82. The molecule has 1 aromatic rings. The first-order valence-electron chi connectivity index (χ1n) is 6.13.